The average molecular weight is 358 g/mol. The fourth-order valence-electron chi connectivity index (χ4n) is 3.28. The lowest BCUT2D eigenvalue weighted by atomic mass is 10.0. The van der Waals surface area contributed by atoms with Gasteiger partial charge in [-0.15, -0.1) is 0 Å². The number of carbonyl (C=O) groups excluding carboxylic acids is 3. The first-order valence-corrected chi connectivity index (χ1v) is 9.07. The Morgan fingerprint density at radius 3 is 2.31 bits per heavy atom. The van der Waals surface area contributed by atoms with Crippen molar-refractivity contribution in [3.05, 3.63) is 29.8 Å². The summed E-state index contributed by atoms with van der Waals surface area (Å²) < 4.78 is 0. The van der Waals surface area contributed by atoms with Crippen LogP contribution in [0.1, 0.15) is 31.7 Å². The number of nitrogens with one attached hydrogen (secondary N) is 1. The van der Waals surface area contributed by atoms with Gasteiger partial charge in [0.1, 0.15) is 6.04 Å². The molecule has 0 aromatic heterocycles. The number of carbonyl (C=O) groups is 3. The number of amides is 4. The molecule has 2 aliphatic heterocycles. The van der Waals surface area contributed by atoms with Gasteiger partial charge in [-0.05, 0) is 30.7 Å². The van der Waals surface area contributed by atoms with Gasteiger partial charge in [0.2, 0.25) is 5.91 Å². The summed E-state index contributed by atoms with van der Waals surface area (Å²) in [6.07, 6.45) is 0.00879. The van der Waals surface area contributed by atoms with Crippen LogP contribution in [0.3, 0.4) is 0 Å². The zero-order valence-electron chi connectivity index (χ0n) is 15.6. The highest BCUT2D eigenvalue weighted by Crippen LogP contribution is 2.24. The first-order valence-electron chi connectivity index (χ1n) is 9.07. The second kappa shape index (κ2) is 7.45. The van der Waals surface area contributed by atoms with Gasteiger partial charge in [-0.1, -0.05) is 26.0 Å². The van der Waals surface area contributed by atoms with Crippen LogP contribution in [0.2, 0.25) is 0 Å². The largest absolute Gasteiger partial charge is 0.340 e. The fourth-order valence-corrected chi connectivity index (χ4v) is 3.28. The van der Waals surface area contributed by atoms with Crippen molar-refractivity contribution in [3.63, 3.8) is 0 Å². The lowest BCUT2D eigenvalue weighted by Gasteiger charge is -2.32. The van der Waals surface area contributed by atoms with E-state index < -0.39 is 12.1 Å². The fraction of sp³-hybridized carbons (Fsp3) is 0.526. The van der Waals surface area contributed by atoms with Crippen molar-refractivity contribution in [2.75, 3.05) is 38.1 Å². The Morgan fingerprint density at radius 2 is 1.73 bits per heavy atom. The first-order chi connectivity index (χ1) is 12.4. The van der Waals surface area contributed by atoms with E-state index in [0.29, 0.717) is 24.7 Å². The number of rotatable bonds is 4. The summed E-state index contributed by atoms with van der Waals surface area (Å²) in [5.74, 6) is -0.0790. The molecule has 1 aromatic rings. The summed E-state index contributed by atoms with van der Waals surface area (Å²) in [5.41, 5.74) is 1.68. The maximum atomic E-state index is 12.7. The molecule has 26 heavy (non-hydrogen) atoms. The number of anilines is 1. The highest BCUT2D eigenvalue weighted by Gasteiger charge is 2.40. The van der Waals surface area contributed by atoms with Gasteiger partial charge in [-0.2, -0.15) is 0 Å². The van der Waals surface area contributed by atoms with Crippen molar-refractivity contribution in [3.8, 4) is 0 Å². The highest BCUT2D eigenvalue weighted by atomic mass is 16.2. The Hall–Kier alpha value is -2.41. The van der Waals surface area contributed by atoms with Gasteiger partial charge in [0, 0.05) is 26.2 Å². The molecule has 7 nitrogen and oxygen atoms in total. The lowest BCUT2D eigenvalue weighted by molar-refractivity contribution is -0.135. The molecule has 1 atom stereocenters. The van der Waals surface area contributed by atoms with Gasteiger partial charge in [0.25, 0.3) is 5.91 Å². The maximum absolute atomic E-state index is 12.7. The van der Waals surface area contributed by atoms with Crippen LogP contribution in [0.25, 0.3) is 0 Å². The number of imide groups is 1. The van der Waals surface area contributed by atoms with Crippen molar-refractivity contribution in [1.29, 1.82) is 0 Å². The van der Waals surface area contributed by atoms with Crippen LogP contribution in [0.5, 0.6) is 0 Å². The zero-order valence-corrected chi connectivity index (χ0v) is 15.6. The second-order valence-corrected chi connectivity index (χ2v) is 7.31. The Kier molecular flexibility index (Phi) is 5.27. The molecule has 4 amide bonds. The van der Waals surface area contributed by atoms with Gasteiger partial charge in [0.05, 0.1) is 12.1 Å². The van der Waals surface area contributed by atoms with Crippen LogP contribution in [0.15, 0.2) is 24.3 Å². The number of piperazine rings is 1. The molecular formula is C19H26N4O3. The third kappa shape index (κ3) is 3.72. The number of hydrogen-bond acceptors (Lipinski definition) is 4. The number of urea groups is 1. The van der Waals surface area contributed by atoms with E-state index in [9.17, 15) is 14.4 Å². The Balaban J connectivity index is 1.66. The summed E-state index contributed by atoms with van der Waals surface area (Å²) in [5, 5.41) is 2.65. The van der Waals surface area contributed by atoms with E-state index in [1.807, 2.05) is 19.2 Å². The normalized spacial score (nSPS) is 21.5. The first kappa shape index (κ1) is 18.4. The molecule has 3 rings (SSSR count). The van der Waals surface area contributed by atoms with Crippen LogP contribution >= 0.6 is 0 Å². The molecule has 0 bridgehead atoms. The van der Waals surface area contributed by atoms with Crippen molar-refractivity contribution in [1.82, 2.24) is 15.1 Å². The van der Waals surface area contributed by atoms with E-state index in [-0.39, 0.29) is 18.2 Å². The predicted molar refractivity (Wildman–Crippen MR) is 99.0 cm³/mol. The molecule has 7 heteroatoms. The Morgan fingerprint density at radius 1 is 1.12 bits per heavy atom. The van der Waals surface area contributed by atoms with E-state index in [2.05, 4.69) is 24.1 Å². The summed E-state index contributed by atoms with van der Waals surface area (Å²) in [6, 6.07) is 6.13. The van der Waals surface area contributed by atoms with Crippen LogP contribution in [0, 0.1) is 0 Å². The molecule has 0 radical (unpaired) electrons. The molecule has 0 saturated carbocycles. The number of benzene rings is 1. The quantitative estimate of drug-likeness (QED) is 0.826. The van der Waals surface area contributed by atoms with E-state index in [4.69, 9.17) is 0 Å². The van der Waals surface area contributed by atoms with E-state index in [1.165, 1.54) is 0 Å². The van der Waals surface area contributed by atoms with Crippen molar-refractivity contribution < 1.29 is 14.4 Å². The molecule has 0 spiro atoms. The summed E-state index contributed by atoms with van der Waals surface area (Å²) in [6.45, 7) is 7.14. The summed E-state index contributed by atoms with van der Waals surface area (Å²) >= 11 is 0. The smallest absolute Gasteiger partial charge is 0.329 e. The minimum atomic E-state index is -0.792. The van der Waals surface area contributed by atoms with E-state index in [1.54, 1.807) is 17.0 Å². The Bertz CT molecular complexity index is 693. The number of hydrogen-bond donors (Lipinski definition) is 1. The van der Waals surface area contributed by atoms with Gasteiger partial charge in [0.15, 0.2) is 0 Å². The molecule has 140 valence electrons. The molecule has 2 heterocycles. The standard InChI is InChI=1S/C19H26N4O3/c1-13(2)14-4-6-15(7-5-14)23-18(25)16(20-19(23)26)12-17(24)22-10-8-21(3)9-11-22/h4-7,13,16H,8-12H2,1-3H3,(H,20,26)/t16-/m0/s1. The molecule has 1 aromatic carbocycles. The van der Waals surface area contributed by atoms with Crippen molar-refractivity contribution >= 4 is 23.5 Å². The zero-order chi connectivity index (χ0) is 18.8. The minimum absolute atomic E-state index is 0.00879. The van der Waals surface area contributed by atoms with Crippen LogP contribution in [0.4, 0.5) is 10.5 Å². The van der Waals surface area contributed by atoms with Crippen molar-refractivity contribution in [2.45, 2.75) is 32.2 Å². The number of nitrogens with zero attached hydrogens (tertiary/aromatic N) is 3. The Labute approximate surface area is 153 Å². The monoisotopic (exact) mass is 358 g/mol. The molecule has 0 unspecified atom stereocenters. The van der Waals surface area contributed by atoms with E-state index >= 15 is 0 Å². The minimum Gasteiger partial charge on any atom is -0.340 e. The van der Waals surface area contributed by atoms with Crippen molar-refractivity contribution in [2.24, 2.45) is 0 Å². The van der Waals surface area contributed by atoms with Gasteiger partial charge >= 0.3 is 6.03 Å². The third-order valence-corrected chi connectivity index (χ3v) is 5.07. The average Bonchev–Trinajstić information content (AvgIpc) is 2.89. The topological polar surface area (TPSA) is 73.0 Å². The number of likely N-dealkylation sites (N-methyl/N-ethyl adjacent to an activating group) is 1. The van der Waals surface area contributed by atoms with Gasteiger partial charge in [-0.25, -0.2) is 9.69 Å². The molecular weight excluding hydrogens is 332 g/mol. The summed E-state index contributed by atoms with van der Waals surface area (Å²) in [7, 11) is 2.02. The van der Waals surface area contributed by atoms with Crippen LogP contribution in [-0.4, -0.2) is 66.9 Å². The molecule has 0 aliphatic carbocycles. The van der Waals surface area contributed by atoms with Crippen LogP contribution in [-0.2, 0) is 9.59 Å². The second-order valence-electron chi connectivity index (χ2n) is 7.31. The molecule has 1 N–H and O–H groups in total. The molecule has 2 saturated heterocycles. The molecule has 2 aliphatic rings. The highest BCUT2D eigenvalue weighted by molar-refractivity contribution is 6.22. The lowest BCUT2D eigenvalue weighted by Crippen LogP contribution is -2.48. The predicted octanol–water partition coefficient (Wildman–Crippen LogP) is 1.40. The summed E-state index contributed by atoms with van der Waals surface area (Å²) in [4.78, 5) is 42.5. The SMILES string of the molecule is CC(C)c1ccc(N2C(=O)N[C@@H](CC(=O)N3CCN(C)CC3)C2=O)cc1. The molecule has 2 fully saturated rings. The van der Waals surface area contributed by atoms with Gasteiger partial charge in [-0.3, -0.25) is 9.59 Å². The van der Waals surface area contributed by atoms with E-state index in [0.717, 1.165) is 23.6 Å². The third-order valence-electron chi connectivity index (χ3n) is 5.07. The van der Waals surface area contributed by atoms with Gasteiger partial charge < -0.3 is 15.1 Å². The van der Waals surface area contributed by atoms with Crippen LogP contribution < -0.4 is 10.2 Å². The maximum Gasteiger partial charge on any atom is 0.329 e.